The highest BCUT2D eigenvalue weighted by Crippen LogP contribution is 2.15. The number of amides is 1. The number of ether oxygens (including phenoxy) is 1. The van der Waals surface area contributed by atoms with E-state index in [1.165, 1.54) is 0 Å². The molecule has 1 fully saturated rings. The molecule has 1 atom stereocenters. The van der Waals surface area contributed by atoms with Crippen LogP contribution >= 0.6 is 0 Å². The molecule has 1 aliphatic heterocycles. The third kappa shape index (κ3) is 3.46. The normalized spacial score (nSPS) is 16.7. The fourth-order valence-electron chi connectivity index (χ4n) is 2.06. The minimum atomic E-state index is -0.678. The van der Waals surface area contributed by atoms with Crippen molar-refractivity contribution in [2.45, 2.75) is 6.42 Å². The number of carbonyl (C=O) groups excluding carboxylic acids is 1. The first-order valence-corrected chi connectivity index (χ1v) is 6.25. The molecular weight excluding hydrogens is 244 g/mol. The zero-order valence-corrected chi connectivity index (χ0v) is 10.6. The molecule has 19 heavy (non-hydrogen) atoms. The summed E-state index contributed by atoms with van der Waals surface area (Å²) in [5.41, 5.74) is 0.867. The van der Waals surface area contributed by atoms with Gasteiger partial charge < -0.3 is 14.7 Å². The van der Waals surface area contributed by atoms with Gasteiger partial charge in [0.05, 0.1) is 19.3 Å². The molecule has 1 N–H and O–H groups in total. The van der Waals surface area contributed by atoms with Crippen molar-refractivity contribution in [3.05, 3.63) is 29.8 Å². The maximum Gasteiger partial charge on any atom is 0.240 e. The Hall–Kier alpha value is -2.06. The zero-order valence-electron chi connectivity index (χ0n) is 10.6. The molecule has 0 radical (unpaired) electrons. The standard InChI is InChI=1S/C14H16N2O3/c15-10-12(9-11-1-3-13(17)4-2-11)14(18)16-5-7-19-8-6-16/h1-4,12,17H,5-9H2. The van der Waals surface area contributed by atoms with Crippen LogP contribution in [0, 0.1) is 17.2 Å². The van der Waals surface area contributed by atoms with Crippen molar-refractivity contribution in [3.8, 4) is 11.8 Å². The van der Waals surface area contributed by atoms with Gasteiger partial charge in [-0.05, 0) is 24.1 Å². The van der Waals surface area contributed by atoms with Gasteiger partial charge in [-0.25, -0.2) is 0 Å². The molecule has 1 heterocycles. The van der Waals surface area contributed by atoms with Gasteiger partial charge >= 0.3 is 0 Å². The predicted octanol–water partition coefficient (Wildman–Crippen LogP) is 0.933. The maximum absolute atomic E-state index is 12.2. The molecule has 0 aliphatic carbocycles. The number of benzene rings is 1. The van der Waals surface area contributed by atoms with E-state index in [4.69, 9.17) is 10.00 Å². The van der Waals surface area contributed by atoms with Crippen LogP contribution in [0.3, 0.4) is 0 Å². The van der Waals surface area contributed by atoms with Crippen LogP contribution in [0.5, 0.6) is 5.75 Å². The number of nitrogens with zero attached hydrogens (tertiary/aromatic N) is 2. The van der Waals surface area contributed by atoms with Gasteiger partial charge in [0.15, 0.2) is 0 Å². The SMILES string of the molecule is N#CC(Cc1ccc(O)cc1)C(=O)N1CCOCC1. The second-order valence-electron chi connectivity index (χ2n) is 4.49. The van der Waals surface area contributed by atoms with Crippen LogP contribution in [-0.4, -0.2) is 42.2 Å². The summed E-state index contributed by atoms with van der Waals surface area (Å²) in [5, 5.41) is 18.4. The van der Waals surface area contributed by atoms with E-state index < -0.39 is 5.92 Å². The Morgan fingerprint density at radius 3 is 2.58 bits per heavy atom. The second-order valence-corrected chi connectivity index (χ2v) is 4.49. The highest BCUT2D eigenvalue weighted by molar-refractivity contribution is 5.81. The van der Waals surface area contributed by atoms with Crippen LogP contribution in [-0.2, 0) is 16.0 Å². The van der Waals surface area contributed by atoms with E-state index in [0.29, 0.717) is 32.7 Å². The summed E-state index contributed by atoms with van der Waals surface area (Å²) in [6.45, 7) is 2.16. The zero-order chi connectivity index (χ0) is 13.7. The summed E-state index contributed by atoms with van der Waals surface area (Å²) in [5.74, 6) is -0.640. The number of rotatable bonds is 3. The largest absolute Gasteiger partial charge is 0.508 e. The Morgan fingerprint density at radius 2 is 2.00 bits per heavy atom. The molecule has 0 aromatic heterocycles. The minimum absolute atomic E-state index is 0.140. The van der Waals surface area contributed by atoms with Gasteiger partial charge in [0, 0.05) is 13.1 Å². The van der Waals surface area contributed by atoms with Crippen LogP contribution in [0.4, 0.5) is 0 Å². The van der Waals surface area contributed by atoms with Crippen molar-refractivity contribution in [3.63, 3.8) is 0 Å². The smallest absolute Gasteiger partial charge is 0.240 e. The summed E-state index contributed by atoms with van der Waals surface area (Å²) in [7, 11) is 0. The lowest BCUT2D eigenvalue weighted by Crippen LogP contribution is -2.43. The molecule has 1 aromatic rings. The molecule has 1 saturated heterocycles. The average molecular weight is 260 g/mol. The number of phenolic OH excluding ortho intramolecular Hbond substituents is 1. The third-order valence-corrected chi connectivity index (χ3v) is 3.15. The number of aromatic hydroxyl groups is 1. The molecule has 1 amide bonds. The second kappa shape index (κ2) is 6.21. The summed E-state index contributed by atoms with van der Waals surface area (Å²) in [4.78, 5) is 13.9. The van der Waals surface area contributed by atoms with Crippen LogP contribution in [0.15, 0.2) is 24.3 Å². The van der Waals surface area contributed by atoms with Crippen molar-refractivity contribution < 1.29 is 14.6 Å². The lowest BCUT2D eigenvalue weighted by molar-refractivity contribution is -0.137. The van der Waals surface area contributed by atoms with E-state index in [2.05, 4.69) is 6.07 Å². The number of carbonyl (C=O) groups is 1. The van der Waals surface area contributed by atoms with Gasteiger partial charge in [-0.15, -0.1) is 0 Å². The highest BCUT2D eigenvalue weighted by atomic mass is 16.5. The minimum Gasteiger partial charge on any atom is -0.508 e. The molecule has 0 bridgehead atoms. The van der Waals surface area contributed by atoms with Crippen LogP contribution in [0.2, 0.25) is 0 Å². The summed E-state index contributed by atoms with van der Waals surface area (Å²) in [6.07, 6.45) is 0.368. The Kier molecular flexibility index (Phi) is 4.37. The van der Waals surface area contributed by atoms with E-state index >= 15 is 0 Å². The quantitative estimate of drug-likeness (QED) is 0.877. The van der Waals surface area contributed by atoms with Crippen LogP contribution in [0.1, 0.15) is 5.56 Å². The van der Waals surface area contributed by atoms with Crippen molar-refractivity contribution in [1.29, 1.82) is 5.26 Å². The average Bonchev–Trinajstić information content (AvgIpc) is 2.47. The van der Waals surface area contributed by atoms with Gasteiger partial charge in [-0.3, -0.25) is 4.79 Å². The first-order valence-electron chi connectivity index (χ1n) is 6.25. The first kappa shape index (κ1) is 13.4. The van der Waals surface area contributed by atoms with Crippen molar-refractivity contribution in [1.82, 2.24) is 4.90 Å². The van der Waals surface area contributed by atoms with E-state index in [0.717, 1.165) is 5.56 Å². The summed E-state index contributed by atoms with van der Waals surface area (Å²) < 4.78 is 5.19. The molecule has 1 unspecified atom stereocenters. The molecule has 0 spiro atoms. The maximum atomic E-state index is 12.2. The highest BCUT2D eigenvalue weighted by Gasteiger charge is 2.25. The molecule has 1 aliphatic rings. The number of hydrogen-bond donors (Lipinski definition) is 1. The third-order valence-electron chi connectivity index (χ3n) is 3.15. The van der Waals surface area contributed by atoms with Gasteiger partial charge in [0.25, 0.3) is 0 Å². The van der Waals surface area contributed by atoms with Gasteiger partial charge in [-0.2, -0.15) is 5.26 Å². The van der Waals surface area contributed by atoms with Gasteiger partial charge in [-0.1, -0.05) is 12.1 Å². The molecule has 2 rings (SSSR count). The number of hydrogen-bond acceptors (Lipinski definition) is 4. The molecule has 1 aromatic carbocycles. The molecule has 5 nitrogen and oxygen atoms in total. The van der Waals surface area contributed by atoms with Gasteiger partial charge in [0.2, 0.25) is 5.91 Å². The Bertz CT molecular complexity index is 472. The topological polar surface area (TPSA) is 73.6 Å². The van der Waals surface area contributed by atoms with Crippen LogP contribution < -0.4 is 0 Å². The molecule has 100 valence electrons. The van der Waals surface area contributed by atoms with E-state index in [-0.39, 0.29) is 11.7 Å². The molecule has 5 heteroatoms. The van der Waals surface area contributed by atoms with Crippen LogP contribution in [0.25, 0.3) is 0 Å². The lowest BCUT2D eigenvalue weighted by Gasteiger charge is -2.28. The number of nitriles is 1. The van der Waals surface area contributed by atoms with Crippen molar-refractivity contribution in [2.75, 3.05) is 26.3 Å². The van der Waals surface area contributed by atoms with E-state index in [1.807, 2.05) is 0 Å². The number of phenols is 1. The van der Waals surface area contributed by atoms with Gasteiger partial charge in [0.1, 0.15) is 11.7 Å². The van der Waals surface area contributed by atoms with Crippen molar-refractivity contribution >= 4 is 5.91 Å². The van der Waals surface area contributed by atoms with E-state index in [9.17, 15) is 9.90 Å². The fourth-order valence-corrected chi connectivity index (χ4v) is 2.06. The summed E-state index contributed by atoms with van der Waals surface area (Å²) >= 11 is 0. The number of morpholine rings is 1. The monoisotopic (exact) mass is 260 g/mol. The lowest BCUT2D eigenvalue weighted by atomic mass is 9.99. The Morgan fingerprint density at radius 1 is 1.37 bits per heavy atom. The molecule has 0 saturated carbocycles. The van der Waals surface area contributed by atoms with Crippen molar-refractivity contribution in [2.24, 2.45) is 5.92 Å². The Balaban J connectivity index is 2.01. The predicted molar refractivity (Wildman–Crippen MR) is 68.3 cm³/mol. The van der Waals surface area contributed by atoms with E-state index in [1.54, 1.807) is 29.2 Å². The fraction of sp³-hybridized carbons (Fsp3) is 0.429. The first-order chi connectivity index (χ1) is 9.20. The molecular formula is C14H16N2O3. The summed E-state index contributed by atoms with van der Waals surface area (Å²) in [6, 6.07) is 8.64. The Labute approximate surface area is 112 Å².